The largest absolute Gasteiger partial charge is 0.417 e. The molecule has 28 heavy (non-hydrogen) atoms. The van der Waals surface area contributed by atoms with Crippen LogP contribution < -0.4 is 11.2 Å². The molecule has 0 unspecified atom stereocenters. The van der Waals surface area contributed by atoms with Crippen molar-refractivity contribution in [3.8, 4) is 11.3 Å². The maximum Gasteiger partial charge on any atom is 0.417 e. The van der Waals surface area contributed by atoms with Crippen LogP contribution in [0.4, 0.5) is 17.6 Å². The molecule has 0 bridgehead atoms. The zero-order valence-corrected chi connectivity index (χ0v) is 14.9. The van der Waals surface area contributed by atoms with Gasteiger partial charge in [-0.25, -0.2) is 9.18 Å². The van der Waals surface area contributed by atoms with Gasteiger partial charge < -0.3 is 10.1 Å². The van der Waals surface area contributed by atoms with E-state index < -0.39 is 28.8 Å². The first kappa shape index (κ1) is 20.1. The van der Waals surface area contributed by atoms with Gasteiger partial charge in [0.15, 0.2) is 0 Å². The van der Waals surface area contributed by atoms with Gasteiger partial charge in [-0.15, -0.1) is 11.8 Å². The number of hydrogen-bond acceptors (Lipinski definition) is 5. The standard InChI is InChI=1S/C17H13F4N3O3S/c18-8-2-3-11(22-7-8)12-10(17(19,20)21)6-9-13(14(12)28-5-1-4-25)23-16(27)24-15(9)26/h2-3,6-7,25H,1,4-5H2,(H2,23,24,26,27). The van der Waals surface area contributed by atoms with E-state index in [-0.39, 0.29) is 45.8 Å². The molecule has 3 aromatic rings. The Morgan fingerprint density at radius 1 is 1.18 bits per heavy atom. The van der Waals surface area contributed by atoms with E-state index in [1.54, 1.807) is 0 Å². The number of hydrogen-bond donors (Lipinski definition) is 3. The van der Waals surface area contributed by atoms with E-state index in [0.717, 1.165) is 30.1 Å². The van der Waals surface area contributed by atoms with Crippen molar-refractivity contribution in [3.63, 3.8) is 0 Å². The molecule has 3 N–H and O–H groups in total. The molecule has 3 rings (SSSR count). The summed E-state index contributed by atoms with van der Waals surface area (Å²) in [6.07, 6.45) is -3.79. The van der Waals surface area contributed by atoms with Crippen LogP contribution in [-0.4, -0.2) is 32.4 Å². The van der Waals surface area contributed by atoms with Crippen molar-refractivity contribution in [1.29, 1.82) is 0 Å². The lowest BCUT2D eigenvalue weighted by Crippen LogP contribution is -2.23. The minimum Gasteiger partial charge on any atom is -0.396 e. The number of aromatic nitrogens is 3. The smallest absolute Gasteiger partial charge is 0.396 e. The minimum absolute atomic E-state index is 0.0272. The SMILES string of the molecule is O=c1[nH]c(=O)c2cc(C(F)(F)F)c(-c3ccc(F)cn3)c(SCCCO)c2[nH]1. The Morgan fingerprint density at radius 2 is 1.93 bits per heavy atom. The monoisotopic (exact) mass is 415 g/mol. The Hall–Kier alpha value is -2.66. The molecule has 11 heteroatoms. The van der Waals surface area contributed by atoms with Crippen LogP contribution in [0.3, 0.4) is 0 Å². The summed E-state index contributed by atoms with van der Waals surface area (Å²) in [6.45, 7) is -0.189. The molecule has 0 spiro atoms. The molecule has 0 fully saturated rings. The van der Waals surface area contributed by atoms with Gasteiger partial charge in [-0.3, -0.25) is 14.8 Å². The fourth-order valence-electron chi connectivity index (χ4n) is 2.66. The average molecular weight is 415 g/mol. The van der Waals surface area contributed by atoms with Gasteiger partial charge in [-0.05, 0) is 24.6 Å². The van der Waals surface area contributed by atoms with Crippen molar-refractivity contribution in [1.82, 2.24) is 15.0 Å². The van der Waals surface area contributed by atoms with Crippen molar-refractivity contribution in [2.75, 3.05) is 12.4 Å². The van der Waals surface area contributed by atoms with Crippen molar-refractivity contribution in [2.45, 2.75) is 17.5 Å². The number of H-pyrrole nitrogens is 2. The topological polar surface area (TPSA) is 98.8 Å². The van der Waals surface area contributed by atoms with Gasteiger partial charge in [-0.2, -0.15) is 13.2 Å². The van der Waals surface area contributed by atoms with E-state index in [4.69, 9.17) is 5.11 Å². The first-order valence-electron chi connectivity index (χ1n) is 7.98. The summed E-state index contributed by atoms with van der Waals surface area (Å²) in [6, 6.07) is 2.70. The van der Waals surface area contributed by atoms with Gasteiger partial charge in [0.2, 0.25) is 0 Å². The second-order valence-corrected chi connectivity index (χ2v) is 6.85. The van der Waals surface area contributed by atoms with Gasteiger partial charge in [-0.1, -0.05) is 0 Å². The molecule has 148 valence electrons. The molecule has 0 atom stereocenters. The number of halogens is 4. The fraction of sp³-hybridized carbons (Fsp3) is 0.235. The minimum atomic E-state index is -4.84. The molecule has 6 nitrogen and oxygen atoms in total. The van der Waals surface area contributed by atoms with Crippen LogP contribution in [0.25, 0.3) is 22.2 Å². The van der Waals surface area contributed by atoms with Crippen LogP contribution >= 0.6 is 11.8 Å². The van der Waals surface area contributed by atoms with E-state index in [9.17, 15) is 27.2 Å². The van der Waals surface area contributed by atoms with Gasteiger partial charge in [0, 0.05) is 22.8 Å². The van der Waals surface area contributed by atoms with Crippen LogP contribution in [0.5, 0.6) is 0 Å². The Labute approximate surface area is 158 Å². The summed E-state index contributed by atoms with van der Waals surface area (Å²) >= 11 is 0.931. The summed E-state index contributed by atoms with van der Waals surface area (Å²) in [5.74, 6) is -0.506. The number of alkyl halides is 3. The number of aliphatic hydroxyl groups excluding tert-OH is 1. The third-order valence-corrected chi connectivity index (χ3v) is 5.02. The lowest BCUT2D eigenvalue weighted by molar-refractivity contribution is -0.137. The van der Waals surface area contributed by atoms with E-state index >= 15 is 0 Å². The molecule has 0 saturated carbocycles. The van der Waals surface area contributed by atoms with Gasteiger partial charge in [0.1, 0.15) is 5.82 Å². The zero-order chi connectivity index (χ0) is 20.5. The third-order valence-electron chi connectivity index (χ3n) is 3.83. The average Bonchev–Trinajstić information content (AvgIpc) is 2.61. The van der Waals surface area contributed by atoms with E-state index in [1.807, 2.05) is 4.98 Å². The lowest BCUT2D eigenvalue weighted by atomic mass is 10.0. The summed E-state index contributed by atoms with van der Waals surface area (Å²) in [4.78, 5) is 31.8. The Bertz CT molecular complexity index is 1120. The number of thioether (sulfide) groups is 1. The number of aromatic amines is 2. The number of nitrogens with one attached hydrogen (secondary N) is 2. The first-order valence-corrected chi connectivity index (χ1v) is 8.97. The number of aliphatic hydroxyl groups is 1. The highest BCUT2D eigenvalue weighted by Crippen LogP contribution is 2.44. The quantitative estimate of drug-likeness (QED) is 0.338. The number of pyridine rings is 1. The van der Waals surface area contributed by atoms with Crippen molar-refractivity contribution < 1.29 is 22.7 Å². The Balaban J connectivity index is 2.44. The zero-order valence-electron chi connectivity index (χ0n) is 14.1. The molecule has 0 saturated heterocycles. The van der Waals surface area contributed by atoms with E-state index in [1.165, 1.54) is 0 Å². The molecule has 0 amide bonds. The Kier molecular flexibility index (Phi) is 5.57. The van der Waals surface area contributed by atoms with Crippen molar-refractivity contribution in [3.05, 3.63) is 56.6 Å². The summed E-state index contributed by atoms with van der Waals surface area (Å²) in [5, 5.41) is 8.64. The van der Waals surface area contributed by atoms with Crippen molar-refractivity contribution in [2.24, 2.45) is 0 Å². The summed E-state index contributed by atoms with van der Waals surface area (Å²) in [7, 11) is 0. The second kappa shape index (κ2) is 7.76. The normalized spacial score (nSPS) is 11.9. The van der Waals surface area contributed by atoms with E-state index in [0.29, 0.717) is 6.07 Å². The maximum atomic E-state index is 13.8. The fourth-order valence-corrected chi connectivity index (χ4v) is 3.80. The molecule has 2 heterocycles. The molecular formula is C17H13F4N3O3S. The number of nitrogens with zero attached hydrogens (tertiary/aromatic N) is 1. The molecule has 0 aliphatic carbocycles. The number of rotatable bonds is 5. The predicted molar refractivity (Wildman–Crippen MR) is 95.8 cm³/mol. The van der Waals surface area contributed by atoms with Gasteiger partial charge in [0.05, 0.1) is 28.4 Å². The molecule has 0 radical (unpaired) electrons. The van der Waals surface area contributed by atoms with Crippen LogP contribution in [-0.2, 0) is 6.18 Å². The highest BCUT2D eigenvalue weighted by Gasteiger charge is 2.37. The molecular weight excluding hydrogens is 402 g/mol. The second-order valence-electron chi connectivity index (χ2n) is 5.74. The summed E-state index contributed by atoms with van der Waals surface area (Å²) in [5.41, 5.74) is -3.59. The van der Waals surface area contributed by atoms with Crippen LogP contribution in [0, 0.1) is 5.82 Å². The van der Waals surface area contributed by atoms with Crippen LogP contribution in [0.15, 0.2) is 38.9 Å². The first-order chi connectivity index (χ1) is 13.2. The lowest BCUT2D eigenvalue weighted by Gasteiger charge is -2.18. The number of fused-ring (bicyclic) bond motifs is 1. The summed E-state index contributed by atoms with van der Waals surface area (Å²) < 4.78 is 54.6. The predicted octanol–water partition coefficient (Wildman–Crippen LogP) is 2.91. The maximum absolute atomic E-state index is 13.8. The Morgan fingerprint density at radius 3 is 2.54 bits per heavy atom. The highest BCUT2D eigenvalue weighted by atomic mass is 32.2. The van der Waals surface area contributed by atoms with E-state index in [2.05, 4.69) is 9.97 Å². The molecule has 1 aromatic carbocycles. The van der Waals surface area contributed by atoms with Crippen LogP contribution in [0.2, 0.25) is 0 Å². The molecule has 0 aliphatic heterocycles. The molecule has 0 aliphatic rings. The van der Waals surface area contributed by atoms with Gasteiger partial charge in [0.25, 0.3) is 5.56 Å². The van der Waals surface area contributed by atoms with Gasteiger partial charge >= 0.3 is 11.9 Å². The highest BCUT2D eigenvalue weighted by molar-refractivity contribution is 7.99. The number of benzene rings is 1. The third kappa shape index (κ3) is 3.94. The molecule has 2 aromatic heterocycles. The van der Waals surface area contributed by atoms with Crippen LogP contribution in [0.1, 0.15) is 12.0 Å². The van der Waals surface area contributed by atoms with Crippen molar-refractivity contribution >= 4 is 22.7 Å².